The van der Waals surface area contributed by atoms with Crippen LogP contribution >= 0.6 is 0 Å². The quantitative estimate of drug-likeness (QED) is 0.565. The molecule has 0 radical (unpaired) electrons. The van der Waals surface area contributed by atoms with Gasteiger partial charge in [0.2, 0.25) is 0 Å². The van der Waals surface area contributed by atoms with Crippen molar-refractivity contribution in [1.29, 1.82) is 0 Å². The Morgan fingerprint density at radius 3 is 2.56 bits per heavy atom. The zero-order valence-electron chi connectivity index (χ0n) is 5.37. The molecule has 2 atom stereocenters. The lowest BCUT2D eigenvalue weighted by atomic mass is 9.99. The van der Waals surface area contributed by atoms with Gasteiger partial charge in [0.25, 0.3) is 0 Å². The molecule has 1 saturated heterocycles. The molecule has 1 aliphatic rings. The van der Waals surface area contributed by atoms with Crippen molar-refractivity contribution < 1.29 is 9.90 Å². The summed E-state index contributed by atoms with van der Waals surface area (Å²) >= 11 is 0. The molecule has 0 saturated carbocycles. The minimum atomic E-state index is -0.705. The molecule has 0 unspecified atom stereocenters. The molecule has 0 aromatic carbocycles. The molecule has 9 heavy (non-hydrogen) atoms. The highest BCUT2D eigenvalue weighted by atomic mass is 16.4. The van der Waals surface area contributed by atoms with E-state index in [1.165, 1.54) is 0 Å². The first-order valence-corrected chi connectivity index (χ1v) is 3.08. The third-order valence-electron chi connectivity index (χ3n) is 1.75. The Morgan fingerprint density at radius 1 is 1.67 bits per heavy atom. The van der Waals surface area contributed by atoms with Gasteiger partial charge in [-0.1, -0.05) is 12.8 Å². The maximum atomic E-state index is 10.4. The molecule has 0 spiro atoms. The summed E-state index contributed by atoms with van der Waals surface area (Å²) in [4.78, 5) is 10.4. The van der Waals surface area contributed by atoms with Crippen molar-refractivity contribution in [3.63, 3.8) is 0 Å². The number of carboxylic acid groups (broad SMARTS) is 1. The van der Waals surface area contributed by atoms with Crippen LogP contribution in [0.2, 0.25) is 0 Å². The van der Waals surface area contributed by atoms with E-state index in [9.17, 15) is 4.79 Å². The van der Waals surface area contributed by atoms with Crippen molar-refractivity contribution in [2.75, 3.05) is 13.1 Å². The number of nitrogens with zero attached hydrogens (tertiary/aromatic N) is 1. The molecule has 0 bridgehead atoms. The van der Waals surface area contributed by atoms with Crippen LogP contribution in [0.4, 0.5) is 0 Å². The monoisotopic (exact) mass is 128 g/mol. The summed E-state index contributed by atoms with van der Waals surface area (Å²) in [5, 5.41) is 12.5. The lowest BCUT2D eigenvalue weighted by Gasteiger charge is -2.10. The highest BCUT2D eigenvalue weighted by Gasteiger charge is 2.22. The van der Waals surface area contributed by atoms with Gasteiger partial charge in [0.1, 0.15) is 0 Å². The van der Waals surface area contributed by atoms with Crippen molar-refractivity contribution in [2.45, 2.75) is 6.92 Å². The Bertz CT molecular complexity index is 124. The van der Waals surface area contributed by atoms with E-state index >= 15 is 0 Å². The highest BCUT2D eigenvalue weighted by molar-refractivity contribution is 5.71. The second kappa shape index (κ2) is 2.35. The van der Waals surface area contributed by atoms with Gasteiger partial charge in [-0.2, -0.15) is 0 Å². The summed E-state index contributed by atoms with van der Waals surface area (Å²) in [6.45, 7) is 3.16. The maximum Gasteiger partial charge on any atom is 0.304 e. The van der Waals surface area contributed by atoms with Crippen LogP contribution in [0, 0.1) is 11.8 Å². The molecule has 3 nitrogen and oxygen atoms in total. The Labute approximate surface area is 54.1 Å². The van der Waals surface area contributed by atoms with E-state index in [0.717, 1.165) is 6.54 Å². The first-order valence-electron chi connectivity index (χ1n) is 3.08. The molecule has 0 aromatic heterocycles. The first-order chi connectivity index (χ1) is 4.22. The van der Waals surface area contributed by atoms with Crippen LogP contribution in [0.25, 0.3) is 5.32 Å². The normalized spacial score (nSPS) is 34.8. The van der Waals surface area contributed by atoms with Gasteiger partial charge >= 0.3 is 5.97 Å². The van der Waals surface area contributed by atoms with E-state index in [1.54, 1.807) is 0 Å². The number of rotatable bonds is 1. The largest absolute Gasteiger partial charge is 0.661 e. The van der Waals surface area contributed by atoms with Crippen LogP contribution in [0.3, 0.4) is 0 Å². The number of aliphatic carboxylic acids is 1. The van der Waals surface area contributed by atoms with Crippen molar-refractivity contribution in [3.8, 4) is 0 Å². The standard InChI is InChI=1S/C6H10NO2/c1-4-2-7-3-5(4)6(8)9/h4-5H,2-3H2,1H3,(H,8,9)/q-1/t4-,5-/m1/s1. The zero-order valence-corrected chi connectivity index (χ0v) is 5.37. The van der Waals surface area contributed by atoms with Crippen LogP contribution in [-0.2, 0) is 4.79 Å². The fourth-order valence-electron chi connectivity index (χ4n) is 1.05. The lowest BCUT2D eigenvalue weighted by molar-refractivity contribution is -0.142. The van der Waals surface area contributed by atoms with Crippen LogP contribution in [0.15, 0.2) is 0 Å². The van der Waals surface area contributed by atoms with Crippen LogP contribution in [0.1, 0.15) is 6.92 Å². The highest BCUT2D eigenvalue weighted by Crippen LogP contribution is 2.23. The van der Waals surface area contributed by atoms with Crippen molar-refractivity contribution in [2.24, 2.45) is 11.8 Å². The van der Waals surface area contributed by atoms with Gasteiger partial charge in [0, 0.05) is 5.92 Å². The van der Waals surface area contributed by atoms with Gasteiger partial charge in [0.15, 0.2) is 0 Å². The van der Waals surface area contributed by atoms with Gasteiger partial charge in [-0.3, -0.25) is 4.79 Å². The number of hydrogen-bond donors (Lipinski definition) is 1. The van der Waals surface area contributed by atoms with Gasteiger partial charge in [-0.25, -0.2) is 0 Å². The number of hydrogen-bond acceptors (Lipinski definition) is 1. The second-order valence-corrected chi connectivity index (χ2v) is 2.51. The molecule has 1 N–H and O–H groups in total. The Morgan fingerprint density at radius 2 is 2.33 bits per heavy atom. The number of carboxylic acids is 1. The third kappa shape index (κ3) is 1.21. The summed E-state index contributed by atoms with van der Waals surface area (Å²) in [7, 11) is 0. The molecular weight excluding hydrogens is 118 g/mol. The third-order valence-corrected chi connectivity index (χ3v) is 1.75. The van der Waals surface area contributed by atoms with Gasteiger partial charge in [-0.15, -0.1) is 13.1 Å². The summed E-state index contributed by atoms with van der Waals surface area (Å²) in [5.74, 6) is -0.684. The minimum Gasteiger partial charge on any atom is -0.661 e. The second-order valence-electron chi connectivity index (χ2n) is 2.51. The molecule has 0 aliphatic carbocycles. The molecule has 0 amide bonds. The van der Waals surface area contributed by atoms with Gasteiger partial charge in [-0.05, 0) is 0 Å². The Hall–Kier alpha value is -0.570. The van der Waals surface area contributed by atoms with Crippen LogP contribution in [0.5, 0.6) is 0 Å². The van der Waals surface area contributed by atoms with Crippen LogP contribution in [-0.4, -0.2) is 24.2 Å². The molecule has 52 valence electrons. The SMILES string of the molecule is C[C@@H]1C[N-]C[C@H]1C(=O)O. The summed E-state index contributed by atoms with van der Waals surface area (Å²) in [5.41, 5.74) is 0. The molecule has 1 rings (SSSR count). The number of carbonyl (C=O) groups is 1. The van der Waals surface area contributed by atoms with Gasteiger partial charge in [0.05, 0.1) is 0 Å². The molecule has 1 fully saturated rings. The van der Waals surface area contributed by atoms with Crippen LogP contribution < -0.4 is 0 Å². The summed E-state index contributed by atoms with van der Waals surface area (Å²) in [6.07, 6.45) is 0. The molecule has 3 heteroatoms. The first kappa shape index (κ1) is 6.55. The molecular formula is C6H10NO2-. The van der Waals surface area contributed by atoms with E-state index in [2.05, 4.69) is 5.32 Å². The summed E-state index contributed by atoms with van der Waals surface area (Å²) in [6, 6.07) is 0. The smallest absolute Gasteiger partial charge is 0.304 e. The van der Waals surface area contributed by atoms with Gasteiger partial charge < -0.3 is 10.4 Å². The fourth-order valence-corrected chi connectivity index (χ4v) is 1.05. The minimum absolute atomic E-state index is 0.218. The molecule has 1 heterocycles. The predicted molar refractivity (Wildman–Crippen MR) is 33.4 cm³/mol. The van der Waals surface area contributed by atoms with Crippen molar-refractivity contribution in [3.05, 3.63) is 5.32 Å². The van der Waals surface area contributed by atoms with E-state index in [0.29, 0.717) is 6.54 Å². The average Bonchev–Trinajstić information content (AvgIpc) is 2.13. The predicted octanol–water partition coefficient (Wildman–Crippen LogP) is 0.711. The topological polar surface area (TPSA) is 51.4 Å². The molecule has 1 aliphatic heterocycles. The van der Waals surface area contributed by atoms with E-state index in [4.69, 9.17) is 5.11 Å². The van der Waals surface area contributed by atoms with Crippen molar-refractivity contribution >= 4 is 5.97 Å². The molecule has 0 aromatic rings. The maximum absolute atomic E-state index is 10.4. The average molecular weight is 128 g/mol. The van der Waals surface area contributed by atoms with E-state index in [1.807, 2.05) is 6.92 Å². The van der Waals surface area contributed by atoms with E-state index < -0.39 is 5.97 Å². The fraction of sp³-hybridized carbons (Fsp3) is 0.833. The van der Waals surface area contributed by atoms with Crippen molar-refractivity contribution in [1.82, 2.24) is 0 Å². The Balaban J connectivity index is 2.49. The zero-order chi connectivity index (χ0) is 6.85. The summed E-state index contributed by atoms with van der Waals surface area (Å²) < 4.78 is 0. The van der Waals surface area contributed by atoms with E-state index in [-0.39, 0.29) is 11.8 Å². The Kier molecular flexibility index (Phi) is 1.71. The lowest BCUT2D eigenvalue weighted by Crippen LogP contribution is -2.19.